The molecule has 18 heavy (non-hydrogen) atoms. The number of anilines is 1. The molecule has 0 amide bonds. The molecule has 0 aliphatic heterocycles. The minimum atomic E-state index is -0.570. The van der Waals surface area contributed by atoms with Crippen LogP contribution in [0.4, 0.5) is 5.95 Å². The third-order valence-corrected chi connectivity index (χ3v) is 2.91. The Kier molecular flexibility index (Phi) is 5.54. The van der Waals surface area contributed by atoms with Gasteiger partial charge in [0.1, 0.15) is 0 Å². The van der Waals surface area contributed by atoms with E-state index in [1.54, 1.807) is 0 Å². The zero-order valence-electron chi connectivity index (χ0n) is 11.9. The van der Waals surface area contributed by atoms with E-state index in [0.717, 1.165) is 31.2 Å². The zero-order chi connectivity index (χ0) is 13.6. The lowest BCUT2D eigenvalue weighted by atomic mass is 10.00. The fourth-order valence-corrected chi connectivity index (χ4v) is 1.75. The molecule has 0 aliphatic rings. The Morgan fingerprint density at radius 2 is 1.94 bits per heavy atom. The third kappa shape index (κ3) is 5.96. The fourth-order valence-electron chi connectivity index (χ4n) is 1.75. The smallest absolute Gasteiger partial charge is 0.222 e. The summed E-state index contributed by atoms with van der Waals surface area (Å²) in [4.78, 5) is 8.55. The summed E-state index contributed by atoms with van der Waals surface area (Å²) in [6, 6.07) is 0.319. The number of aromatic nitrogens is 2. The van der Waals surface area contributed by atoms with Crippen molar-refractivity contribution in [3.63, 3.8) is 0 Å². The number of nitrogens with zero attached hydrogens (tertiary/aromatic N) is 2. The largest absolute Gasteiger partial charge is 0.390 e. The Bertz CT molecular complexity index is 343. The minimum Gasteiger partial charge on any atom is -0.390 e. The topological polar surface area (TPSA) is 58.0 Å². The van der Waals surface area contributed by atoms with Crippen LogP contribution < -0.4 is 5.32 Å². The van der Waals surface area contributed by atoms with E-state index in [2.05, 4.69) is 29.1 Å². The van der Waals surface area contributed by atoms with Gasteiger partial charge in [-0.25, -0.2) is 9.97 Å². The van der Waals surface area contributed by atoms with E-state index in [4.69, 9.17) is 0 Å². The molecule has 1 aromatic heterocycles. The van der Waals surface area contributed by atoms with E-state index >= 15 is 0 Å². The number of aliphatic hydroxyl groups is 1. The lowest BCUT2D eigenvalue weighted by Crippen LogP contribution is -2.21. The van der Waals surface area contributed by atoms with Crippen LogP contribution in [0.1, 0.15) is 52.5 Å². The van der Waals surface area contributed by atoms with Crippen molar-refractivity contribution < 1.29 is 5.11 Å². The molecule has 1 unspecified atom stereocenters. The van der Waals surface area contributed by atoms with E-state index < -0.39 is 5.60 Å². The molecule has 0 aromatic carbocycles. The van der Waals surface area contributed by atoms with Crippen LogP contribution in [-0.2, 0) is 6.42 Å². The summed E-state index contributed by atoms with van der Waals surface area (Å²) in [5.41, 5.74) is 0.578. The molecular weight excluding hydrogens is 226 g/mol. The van der Waals surface area contributed by atoms with Crippen molar-refractivity contribution in [3.05, 3.63) is 18.0 Å². The second-order valence-electron chi connectivity index (χ2n) is 5.52. The molecule has 2 N–H and O–H groups in total. The molecule has 102 valence electrons. The monoisotopic (exact) mass is 251 g/mol. The van der Waals surface area contributed by atoms with Gasteiger partial charge < -0.3 is 10.4 Å². The molecule has 4 nitrogen and oxygen atoms in total. The molecule has 4 heteroatoms. The van der Waals surface area contributed by atoms with Gasteiger partial charge in [0.2, 0.25) is 5.95 Å². The first-order chi connectivity index (χ1) is 8.40. The van der Waals surface area contributed by atoms with Crippen molar-refractivity contribution in [2.24, 2.45) is 0 Å². The molecule has 0 spiro atoms. The van der Waals surface area contributed by atoms with E-state index in [-0.39, 0.29) is 0 Å². The molecular formula is C14H25N3O. The molecule has 0 saturated heterocycles. The summed E-state index contributed by atoms with van der Waals surface area (Å²) in [6.45, 7) is 7.89. The van der Waals surface area contributed by atoms with Gasteiger partial charge in [0, 0.05) is 18.4 Å². The van der Waals surface area contributed by atoms with Gasteiger partial charge in [-0.3, -0.25) is 0 Å². The highest BCUT2D eigenvalue weighted by molar-refractivity contribution is 5.25. The minimum absolute atomic E-state index is 0.319. The van der Waals surface area contributed by atoms with Gasteiger partial charge in [0.15, 0.2) is 0 Å². The van der Waals surface area contributed by atoms with Crippen molar-refractivity contribution in [2.75, 3.05) is 5.32 Å². The maximum absolute atomic E-state index is 9.63. The van der Waals surface area contributed by atoms with E-state index in [9.17, 15) is 5.11 Å². The van der Waals surface area contributed by atoms with Crippen LogP contribution in [0.5, 0.6) is 0 Å². The highest BCUT2D eigenvalue weighted by atomic mass is 16.3. The van der Waals surface area contributed by atoms with Crippen molar-refractivity contribution >= 4 is 5.95 Å². The summed E-state index contributed by atoms with van der Waals surface area (Å²) in [5, 5.41) is 12.9. The van der Waals surface area contributed by atoms with Crippen LogP contribution in [0.3, 0.4) is 0 Å². The van der Waals surface area contributed by atoms with Gasteiger partial charge in [0.05, 0.1) is 5.60 Å². The average Bonchev–Trinajstić information content (AvgIpc) is 2.28. The SMILES string of the molecule is CCc1cnc(NC(C)CCCC(C)(C)O)nc1. The van der Waals surface area contributed by atoms with Gasteiger partial charge >= 0.3 is 0 Å². The molecule has 0 saturated carbocycles. The predicted molar refractivity (Wildman–Crippen MR) is 74.6 cm³/mol. The maximum atomic E-state index is 9.63. The summed E-state index contributed by atoms with van der Waals surface area (Å²) in [5.74, 6) is 0.683. The molecule has 1 aromatic rings. The highest BCUT2D eigenvalue weighted by Gasteiger charge is 2.13. The van der Waals surface area contributed by atoms with Crippen LogP contribution in [0.25, 0.3) is 0 Å². The van der Waals surface area contributed by atoms with Crippen LogP contribution in [-0.4, -0.2) is 26.7 Å². The molecule has 0 aliphatic carbocycles. The van der Waals surface area contributed by atoms with Crippen LogP contribution in [0.2, 0.25) is 0 Å². The lowest BCUT2D eigenvalue weighted by molar-refractivity contribution is 0.0680. The summed E-state index contributed by atoms with van der Waals surface area (Å²) in [6.07, 6.45) is 7.49. The van der Waals surface area contributed by atoms with Crippen molar-refractivity contribution in [2.45, 2.75) is 65.0 Å². The molecule has 0 bridgehead atoms. The number of hydrogen-bond donors (Lipinski definition) is 2. The molecule has 0 radical (unpaired) electrons. The molecule has 1 rings (SSSR count). The fraction of sp³-hybridized carbons (Fsp3) is 0.714. The van der Waals surface area contributed by atoms with Gasteiger partial charge in [-0.05, 0) is 52.0 Å². The quantitative estimate of drug-likeness (QED) is 0.782. The van der Waals surface area contributed by atoms with Crippen LogP contribution in [0.15, 0.2) is 12.4 Å². The van der Waals surface area contributed by atoms with Crippen molar-refractivity contribution in [1.29, 1.82) is 0 Å². The Morgan fingerprint density at radius 3 is 2.44 bits per heavy atom. The Morgan fingerprint density at radius 1 is 1.33 bits per heavy atom. The normalized spacial score (nSPS) is 13.4. The summed E-state index contributed by atoms with van der Waals surface area (Å²) >= 11 is 0. The number of nitrogens with one attached hydrogen (secondary N) is 1. The Labute approximate surface area is 110 Å². The van der Waals surface area contributed by atoms with E-state index in [1.165, 1.54) is 0 Å². The van der Waals surface area contributed by atoms with Gasteiger partial charge in [-0.2, -0.15) is 0 Å². The van der Waals surface area contributed by atoms with Crippen molar-refractivity contribution in [1.82, 2.24) is 9.97 Å². The first kappa shape index (κ1) is 14.9. The number of hydrogen-bond acceptors (Lipinski definition) is 4. The van der Waals surface area contributed by atoms with Gasteiger partial charge in [0.25, 0.3) is 0 Å². The number of aryl methyl sites for hydroxylation is 1. The molecule has 1 heterocycles. The average molecular weight is 251 g/mol. The van der Waals surface area contributed by atoms with Crippen LogP contribution >= 0.6 is 0 Å². The Hall–Kier alpha value is -1.16. The second-order valence-corrected chi connectivity index (χ2v) is 5.52. The second kappa shape index (κ2) is 6.69. The summed E-state index contributed by atoms with van der Waals surface area (Å²) in [7, 11) is 0. The standard InChI is InChI=1S/C14H25N3O/c1-5-12-9-15-13(16-10-12)17-11(2)7-6-8-14(3,4)18/h9-11,18H,5-8H2,1-4H3,(H,15,16,17). The first-order valence-electron chi connectivity index (χ1n) is 6.70. The van der Waals surface area contributed by atoms with E-state index in [0.29, 0.717) is 12.0 Å². The first-order valence-corrected chi connectivity index (χ1v) is 6.70. The van der Waals surface area contributed by atoms with Crippen LogP contribution in [0, 0.1) is 0 Å². The zero-order valence-corrected chi connectivity index (χ0v) is 11.9. The Balaban J connectivity index is 2.32. The molecule has 1 atom stereocenters. The van der Waals surface area contributed by atoms with Gasteiger partial charge in [-0.1, -0.05) is 6.92 Å². The maximum Gasteiger partial charge on any atom is 0.222 e. The third-order valence-electron chi connectivity index (χ3n) is 2.91. The van der Waals surface area contributed by atoms with Crippen molar-refractivity contribution in [3.8, 4) is 0 Å². The number of rotatable bonds is 7. The van der Waals surface area contributed by atoms with Gasteiger partial charge in [-0.15, -0.1) is 0 Å². The molecule has 0 fully saturated rings. The summed E-state index contributed by atoms with van der Waals surface area (Å²) < 4.78 is 0. The lowest BCUT2D eigenvalue weighted by Gasteiger charge is -2.19. The highest BCUT2D eigenvalue weighted by Crippen LogP contribution is 2.14. The predicted octanol–water partition coefficient (Wildman–Crippen LogP) is 2.78. The van der Waals surface area contributed by atoms with E-state index in [1.807, 2.05) is 26.2 Å².